The van der Waals surface area contributed by atoms with Crippen LogP contribution in [0.25, 0.3) is 0 Å². The van der Waals surface area contributed by atoms with Gasteiger partial charge in [-0.3, -0.25) is 0 Å². The molecule has 1 heterocycles. The van der Waals surface area contributed by atoms with E-state index in [9.17, 15) is 9.18 Å². The average Bonchev–Trinajstić information content (AvgIpc) is 2.27. The minimum absolute atomic E-state index is 0.00438. The highest BCUT2D eigenvalue weighted by Crippen LogP contribution is 2.31. The van der Waals surface area contributed by atoms with Crippen molar-refractivity contribution in [3.8, 4) is 0 Å². The molecule has 1 fully saturated rings. The maximum atomic E-state index is 14.2. The smallest absolute Gasteiger partial charge is 0.410 e. The summed E-state index contributed by atoms with van der Waals surface area (Å²) in [6.07, 6.45) is 1.12. The van der Waals surface area contributed by atoms with Crippen molar-refractivity contribution in [2.45, 2.75) is 64.3 Å². The summed E-state index contributed by atoms with van der Waals surface area (Å²) in [5.41, 5.74) is -2.28. The highest BCUT2D eigenvalue weighted by Gasteiger charge is 2.42. The number of alkyl halides is 1. The van der Waals surface area contributed by atoms with Crippen molar-refractivity contribution in [2.75, 3.05) is 13.2 Å². The molecule has 4 nitrogen and oxygen atoms in total. The van der Waals surface area contributed by atoms with Gasteiger partial charge in [0, 0.05) is 6.04 Å². The Labute approximate surface area is 108 Å². The first-order chi connectivity index (χ1) is 8.21. The third-order valence-corrected chi connectivity index (χ3v) is 3.20. The van der Waals surface area contributed by atoms with E-state index >= 15 is 0 Å². The van der Waals surface area contributed by atoms with Gasteiger partial charge in [-0.05, 0) is 40.0 Å². The van der Waals surface area contributed by atoms with E-state index in [-0.39, 0.29) is 12.6 Å². The quantitative estimate of drug-likeness (QED) is 0.831. The zero-order chi connectivity index (χ0) is 14.0. The van der Waals surface area contributed by atoms with Crippen molar-refractivity contribution in [3.63, 3.8) is 0 Å². The lowest BCUT2D eigenvalue weighted by Gasteiger charge is -2.42. The Bertz CT molecular complexity index is 303. The Morgan fingerprint density at radius 2 is 2.17 bits per heavy atom. The predicted octanol–water partition coefficient (Wildman–Crippen LogP) is 2.50. The molecule has 18 heavy (non-hydrogen) atoms. The lowest BCUT2D eigenvalue weighted by molar-refractivity contribution is -0.0419. The van der Waals surface area contributed by atoms with Crippen LogP contribution in [0.15, 0.2) is 0 Å². The number of nitrogens with zero attached hydrogens (tertiary/aromatic N) is 1. The van der Waals surface area contributed by atoms with Crippen LogP contribution in [0.4, 0.5) is 9.18 Å². The Morgan fingerprint density at radius 1 is 1.56 bits per heavy atom. The number of ether oxygens (including phenoxy) is 1. The summed E-state index contributed by atoms with van der Waals surface area (Å²) in [5, 5.41) is 9.09. The van der Waals surface area contributed by atoms with Gasteiger partial charge in [0.15, 0.2) is 5.67 Å². The van der Waals surface area contributed by atoms with Crippen LogP contribution in [0.3, 0.4) is 0 Å². The summed E-state index contributed by atoms with van der Waals surface area (Å²) < 4.78 is 19.4. The summed E-state index contributed by atoms with van der Waals surface area (Å²) in [6, 6.07) is -0.00438. The zero-order valence-electron chi connectivity index (χ0n) is 11.7. The van der Waals surface area contributed by atoms with Crippen LogP contribution < -0.4 is 0 Å². The molecule has 1 aliphatic heterocycles. The van der Waals surface area contributed by atoms with Crippen LogP contribution in [-0.2, 0) is 4.74 Å². The fraction of sp³-hybridized carbons (Fsp3) is 0.923. The standard InChI is InChI=1S/C13H24FNO3/c1-5-10-6-7-13(14,9-16)8-15(10)11(17)18-12(2,3)4/h10,16H,5-9H2,1-4H3. The van der Waals surface area contributed by atoms with Crippen molar-refractivity contribution in [3.05, 3.63) is 0 Å². The summed E-state index contributed by atoms with van der Waals surface area (Å²) in [7, 11) is 0. The largest absolute Gasteiger partial charge is 0.444 e. The van der Waals surface area contributed by atoms with Gasteiger partial charge in [0.25, 0.3) is 0 Å². The van der Waals surface area contributed by atoms with Gasteiger partial charge in [-0.25, -0.2) is 9.18 Å². The van der Waals surface area contributed by atoms with Gasteiger partial charge < -0.3 is 14.7 Å². The summed E-state index contributed by atoms with van der Waals surface area (Å²) in [5.74, 6) is 0. The van der Waals surface area contributed by atoms with E-state index in [0.717, 1.165) is 6.42 Å². The Hall–Kier alpha value is -0.840. The third-order valence-electron chi connectivity index (χ3n) is 3.20. The van der Waals surface area contributed by atoms with Crippen molar-refractivity contribution in [1.29, 1.82) is 0 Å². The molecular weight excluding hydrogens is 237 g/mol. The molecule has 1 rings (SSSR count). The summed E-state index contributed by atoms with van der Waals surface area (Å²) in [6.45, 7) is 6.67. The molecular formula is C13H24FNO3. The zero-order valence-corrected chi connectivity index (χ0v) is 11.7. The number of hydrogen-bond donors (Lipinski definition) is 1. The number of rotatable bonds is 2. The lowest BCUT2D eigenvalue weighted by atomic mass is 9.90. The predicted molar refractivity (Wildman–Crippen MR) is 67.2 cm³/mol. The molecule has 1 saturated heterocycles. The first kappa shape index (κ1) is 15.2. The maximum absolute atomic E-state index is 14.2. The molecule has 0 aromatic rings. The minimum atomic E-state index is -1.69. The summed E-state index contributed by atoms with van der Waals surface area (Å²) >= 11 is 0. The molecule has 1 N–H and O–H groups in total. The number of carbonyl (C=O) groups is 1. The van der Waals surface area contributed by atoms with Crippen LogP contribution in [0.5, 0.6) is 0 Å². The second-order valence-electron chi connectivity index (χ2n) is 6.02. The Morgan fingerprint density at radius 3 is 2.61 bits per heavy atom. The molecule has 2 atom stereocenters. The number of amides is 1. The van der Waals surface area contributed by atoms with Gasteiger partial charge in [-0.2, -0.15) is 0 Å². The molecule has 0 aliphatic carbocycles. The van der Waals surface area contributed by atoms with Gasteiger partial charge in [0.05, 0.1) is 13.2 Å². The number of carbonyl (C=O) groups excluding carboxylic acids is 1. The van der Waals surface area contributed by atoms with Crippen LogP contribution in [0.2, 0.25) is 0 Å². The Balaban J connectivity index is 2.77. The van der Waals surface area contributed by atoms with Crippen LogP contribution >= 0.6 is 0 Å². The van der Waals surface area contributed by atoms with Crippen LogP contribution in [0, 0.1) is 0 Å². The minimum Gasteiger partial charge on any atom is -0.444 e. The van der Waals surface area contributed by atoms with Gasteiger partial charge in [-0.15, -0.1) is 0 Å². The van der Waals surface area contributed by atoms with Gasteiger partial charge in [0.2, 0.25) is 0 Å². The molecule has 0 bridgehead atoms. The summed E-state index contributed by atoms with van der Waals surface area (Å²) in [4.78, 5) is 13.5. The number of piperidine rings is 1. The first-order valence-corrected chi connectivity index (χ1v) is 6.50. The highest BCUT2D eigenvalue weighted by atomic mass is 19.1. The van der Waals surface area contributed by atoms with E-state index in [2.05, 4.69) is 0 Å². The molecule has 5 heteroatoms. The van der Waals surface area contributed by atoms with Gasteiger partial charge in [-0.1, -0.05) is 6.92 Å². The van der Waals surface area contributed by atoms with Crippen molar-refractivity contribution in [1.82, 2.24) is 4.90 Å². The number of aliphatic hydroxyl groups is 1. The van der Waals surface area contributed by atoms with Gasteiger partial charge in [0.1, 0.15) is 5.60 Å². The molecule has 0 aromatic carbocycles. The van der Waals surface area contributed by atoms with Crippen LogP contribution in [-0.4, -0.2) is 46.6 Å². The van der Waals surface area contributed by atoms with E-state index in [0.29, 0.717) is 12.8 Å². The molecule has 0 aromatic heterocycles. The third kappa shape index (κ3) is 3.83. The number of hydrogen-bond acceptors (Lipinski definition) is 3. The van der Waals surface area contributed by atoms with E-state index < -0.39 is 24.0 Å². The van der Waals surface area contributed by atoms with E-state index in [4.69, 9.17) is 9.84 Å². The second kappa shape index (κ2) is 5.43. The molecule has 2 unspecified atom stereocenters. The van der Waals surface area contributed by atoms with Crippen LogP contribution in [0.1, 0.15) is 47.0 Å². The highest BCUT2D eigenvalue weighted by molar-refractivity contribution is 5.69. The Kier molecular flexibility index (Phi) is 4.59. The average molecular weight is 261 g/mol. The monoisotopic (exact) mass is 261 g/mol. The number of likely N-dealkylation sites (tertiary alicyclic amines) is 1. The van der Waals surface area contributed by atoms with Crippen molar-refractivity contribution in [2.24, 2.45) is 0 Å². The molecule has 0 radical (unpaired) electrons. The number of halogens is 1. The second-order valence-corrected chi connectivity index (χ2v) is 6.02. The normalized spacial score (nSPS) is 29.2. The van der Waals surface area contributed by atoms with E-state index in [1.54, 1.807) is 20.8 Å². The molecule has 0 spiro atoms. The molecule has 1 aliphatic rings. The molecule has 106 valence electrons. The van der Waals surface area contributed by atoms with Gasteiger partial charge >= 0.3 is 6.09 Å². The van der Waals surface area contributed by atoms with E-state index in [1.807, 2.05) is 6.92 Å². The fourth-order valence-electron chi connectivity index (χ4n) is 2.18. The number of aliphatic hydroxyl groups excluding tert-OH is 1. The molecule has 1 amide bonds. The van der Waals surface area contributed by atoms with Crippen molar-refractivity contribution < 1.29 is 19.0 Å². The lowest BCUT2D eigenvalue weighted by Crippen LogP contribution is -2.55. The first-order valence-electron chi connectivity index (χ1n) is 6.50. The molecule has 0 saturated carbocycles. The SMILES string of the molecule is CCC1CCC(F)(CO)CN1C(=O)OC(C)(C)C. The van der Waals surface area contributed by atoms with Crippen molar-refractivity contribution >= 4 is 6.09 Å². The topological polar surface area (TPSA) is 49.8 Å². The van der Waals surface area contributed by atoms with E-state index in [1.165, 1.54) is 4.90 Å². The fourth-order valence-corrected chi connectivity index (χ4v) is 2.18. The maximum Gasteiger partial charge on any atom is 0.410 e.